The van der Waals surface area contributed by atoms with Gasteiger partial charge in [-0.25, -0.2) is 4.79 Å². The Hall–Kier alpha value is -0.480. The van der Waals surface area contributed by atoms with E-state index < -0.39 is 5.79 Å². The molecule has 0 aromatic carbocycles. The molecular formula is C9H14O3S. The molecule has 1 atom stereocenters. The molecule has 0 N–H and O–H groups in total. The van der Waals surface area contributed by atoms with Crippen LogP contribution in [0.5, 0.6) is 0 Å². The van der Waals surface area contributed by atoms with Crippen molar-refractivity contribution in [3.63, 3.8) is 0 Å². The fourth-order valence-corrected chi connectivity index (χ4v) is 1.82. The van der Waals surface area contributed by atoms with Gasteiger partial charge in [-0.05, 0) is 6.92 Å². The Morgan fingerprint density at radius 1 is 1.69 bits per heavy atom. The highest BCUT2D eigenvalue weighted by Gasteiger charge is 2.32. The highest BCUT2D eigenvalue weighted by Crippen LogP contribution is 2.24. The Morgan fingerprint density at radius 2 is 2.38 bits per heavy atom. The van der Waals surface area contributed by atoms with Gasteiger partial charge in [-0.3, -0.25) is 0 Å². The van der Waals surface area contributed by atoms with Crippen LogP contribution in [0, 0.1) is 0 Å². The van der Waals surface area contributed by atoms with E-state index in [0.717, 1.165) is 5.75 Å². The number of rotatable bonds is 2. The van der Waals surface area contributed by atoms with E-state index >= 15 is 0 Å². The predicted octanol–water partition coefficient (Wildman–Crippen LogP) is 1.59. The highest BCUT2D eigenvalue weighted by atomic mass is 32.2. The van der Waals surface area contributed by atoms with Crippen LogP contribution in [0.25, 0.3) is 0 Å². The van der Waals surface area contributed by atoms with Gasteiger partial charge in [0.25, 0.3) is 0 Å². The van der Waals surface area contributed by atoms with Crippen LogP contribution in [0.3, 0.4) is 0 Å². The van der Waals surface area contributed by atoms with Gasteiger partial charge in [0, 0.05) is 18.2 Å². The third-order valence-corrected chi connectivity index (χ3v) is 2.84. The van der Waals surface area contributed by atoms with Gasteiger partial charge in [-0.2, -0.15) is 11.8 Å². The van der Waals surface area contributed by atoms with Gasteiger partial charge in [-0.1, -0.05) is 6.58 Å². The first-order chi connectivity index (χ1) is 6.03. The lowest BCUT2D eigenvalue weighted by Gasteiger charge is -2.32. The summed E-state index contributed by atoms with van der Waals surface area (Å²) in [6, 6.07) is 0. The minimum Gasteiger partial charge on any atom is -0.429 e. The van der Waals surface area contributed by atoms with Crippen molar-refractivity contribution in [2.24, 2.45) is 0 Å². The van der Waals surface area contributed by atoms with Crippen LogP contribution in [-0.2, 0) is 14.3 Å². The number of carbonyl (C=O) groups excluding carboxylic acids is 1. The molecule has 1 rings (SSSR count). The van der Waals surface area contributed by atoms with Crippen LogP contribution in [-0.4, -0.2) is 29.9 Å². The number of hydrogen-bond acceptors (Lipinski definition) is 4. The van der Waals surface area contributed by atoms with E-state index in [1.807, 2.05) is 0 Å². The van der Waals surface area contributed by atoms with Crippen molar-refractivity contribution in [3.8, 4) is 0 Å². The van der Waals surface area contributed by atoms with Gasteiger partial charge in [0.2, 0.25) is 5.79 Å². The molecule has 0 aromatic rings. The molecule has 1 heterocycles. The van der Waals surface area contributed by atoms with E-state index in [9.17, 15) is 4.79 Å². The maximum Gasteiger partial charge on any atom is 0.335 e. The van der Waals surface area contributed by atoms with Gasteiger partial charge in [-0.15, -0.1) is 0 Å². The Bertz CT molecular complexity index is 219. The van der Waals surface area contributed by atoms with Crippen LogP contribution in [0.15, 0.2) is 12.2 Å². The van der Waals surface area contributed by atoms with Gasteiger partial charge in [0.15, 0.2) is 0 Å². The molecule has 1 aliphatic heterocycles. The fourth-order valence-electron chi connectivity index (χ4n) is 0.958. The van der Waals surface area contributed by atoms with Crippen LogP contribution in [0.2, 0.25) is 0 Å². The fraction of sp³-hybridized carbons (Fsp3) is 0.667. The highest BCUT2D eigenvalue weighted by molar-refractivity contribution is 7.99. The van der Waals surface area contributed by atoms with E-state index in [-0.39, 0.29) is 5.97 Å². The molecule has 0 amide bonds. The Balaban J connectivity index is 2.50. The molecule has 3 nitrogen and oxygen atoms in total. The summed E-state index contributed by atoms with van der Waals surface area (Å²) < 4.78 is 10.5. The van der Waals surface area contributed by atoms with Crippen molar-refractivity contribution in [2.45, 2.75) is 19.6 Å². The molecule has 13 heavy (non-hydrogen) atoms. The van der Waals surface area contributed by atoms with Crippen molar-refractivity contribution >= 4 is 17.7 Å². The summed E-state index contributed by atoms with van der Waals surface area (Å²) in [5, 5.41) is 0. The largest absolute Gasteiger partial charge is 0.429 e. The Labute approximate surface area is 82.5 Å². The first kappa shape index (κ1) is 10.6. The monoisotopic (exact) mass is 202 g/mol. The van der Waals surface area contributed by atoms with Gasteiger partial charge in [0.05, 0.1) is 12.4 Å². The van der Waals surface area contributed by atoms with E-state index in [1.54, 1.807) is 25.6 Å². The van der Waals surface area contributed by atoms with Crippen LogP contribution < -0.4 is 0 Å². The Kier molecular flexibility index (Phi) is 3.39. The van der Waals surface area contributed by atoms with Crippen molar-refractivity contribution < 1.29 is 14.3 Å². The summed E-state index contributed by atoms with van der Waals surface area (Å²) in [7, 11) is 0. The summed E-state index contributed by atoms with van der Waals surface area (Å²) in [4.78, 5) is 11.2. The van der Waals surface area contributed by atoms with Gasteiger partial charge < -0.3 is 9.47 Å². The average Bonchev–Trinajstić information content (AvgIpc) is 2.04. The second-order valence-electron chi connectivity index (χ2n) is 3.20. The second kappa shape index (κ2) is 4.15. The SMILES string of the molecule is C=C(C)C(=O)OC1(C)CSCCO1. The molecule has 1 saturated heterocycles. The molecule has 0 aliphatic carbocycles. The quantitative estimate of drug-likeness (QED) is 0.503. The van der Waals surface area contributed by atoms with E-state index in [0.29, 0.717) is 17.9 Å². The average molecular weight is 202 g/mol. The molecule has 0 bridgehead atoms. The third-order valence-electron chi connectivity index (χ3n) is 1.66. The van der Waals surface area contributed by atoms with Gasteiger partial charge >= 0.3 is 5.97 Å². The number of hydrogen-bond donors (Lipinski definition) is 0. The normalized spacial score (nSPS) is 28.2. The van der Waals surface area contributed by atoms with Crippen molar-refractivity contribution in [3.05, 3.63) is 12.2 Å². The lowest BCUT2D eigenvalue weighted by Crippen LogP contribution is -2.41. The second-order valence-corrected chi connectivity index (χ2v) is 4.31. The molecular weight excluding hydrogens is 188 g/mol. The molecule has 1 fully saturated rings. The number of ether oxygens (including phenoxy) is 2. The lowest BCUT2D eigenvalue weighted by molar-refractivity contribution is -0.209. The molecule has 74 valence electrons. The summed E-state index contributed by atoms with van der Waals surface area (Å²) >= 11 is 1.72. The van der Waals surface area contributed by atoms with Crippen molar-refractivity contribution in [1.82, 2.24) is 0 Å². The molecule has 0 spiro atoms. The molecule has 1 unspecified atom stereocenters. The summed E-state index contributed by atoms with van der Waals surface area (Å²) in [6.07, 6.45) is 0. The first-order valence-electron chi connectivity index (χ1n) is 4.14. The smallest absolute Gasteiger partial charge is 0.335 e. The van der Waals surface area contributed by atoms with Crippen LogP contribution >= 0.6 is 11.8 Å². The minimum atomic E-state index is -0.765. The lowest BCUT2D eigenvalue weighted by atomic mass is 10.3. The molecule has 1 aliphatic rings. The topological polar surface area (TPSA) is 35.5 Å². The number of thioether (sulfide) groups is 1. The van der Waals surface area contributed by atoms with Gasteiger partial charge in [0.1, 0.15) is 0 Å². The zero-order valence-corrected chi connectivity index (χ0v) is 8.78. The predicted molar refractivity (Wildman–Crippen MR) is 52.6 cm³/mol. The van der Waals surface area contributed by atoms with E-state index in [1.165, 1.54) is 0 Å². The van der Waals surface area contributed by atoms with Crippen molar-refractivity contribution in [2.75, 3.05) is 18.1 Å². The summed E-state index contributed by atoms with van der Waals surface area (Å²) in [5.74, 6) is 0.496. The standard InChI is InChI=1S/C9H14O3S/c1-7(2)8(10)12-9(3)6-13-5-4-11-9/h1,4-6H2,2-3H3. The number of esters is 1. The maximum absolute atomic E-state index is 11.2. The Morgan fingerprint density at radius 3 is 2.85 bits per heavy atom. The maximum atomic E-state index is 11.2. The zero-order valence-electron chi connectivity index (χ0n) is 7.96. The number of carbonyl (C=O) groups is 1. The van der Waals surface area contributed by atoms with Crippen LogP contribution in [0.1, 0.15) is 13.8 Å². The summed E-state index contributed by atoms with van der Waals surface area (Å²) in [6.45, 7) is 7.55. The van der Waals surface area contributed by atoms with Crippen LogP contribution in [0.4, 0.5) is 0 Å². The van der Waals surface area contributed by atoms with E-state index in [2.05, 4.69) is 6.58 Å². The zero-order chi connectivity index (χ0) is 9.90. The molecule has 0 aromatic heterocycles. The minimum absolute atomic E-state index is 0.384. The molecule has 4 heteroatoms. The molecule has 0 saturated carbocycles. The summed E-state index contributed by atoms with van der Waals surface area (Å²) in [5.41, 5.74) is 0.403. The first-order valence-corrected chi connectivity index (χ1v) is 5.29. The third kappa shape index (κ3) is 3.04. The molecule has 0 radical (unpaired) electrons. The van der Waals surface area contributed by atoms with Crippen molar-refractivity contribution in [1.29, 1.82) is 0 Å². The van der Waals surface area contributed by atoms with E-state index in [4.69, 9.17) is 9.47 Å².